The van der Waals surface area contributed by atoms with E-state index in [4.69, 9.17) is 27.9 Å². The topological polar surface area (TPSA) is 56.1 Å². The molecule has 0 saturated heterocycles. The Hall–Kier alpha value is -1.56. The van der Waals surface area contributed by atoms with Crippen molar-refractivity contribution in [2.24, 2.45) is 0 Å². The lowest BCUT2D eigenvalue weighted by atomic mass is 10.2. The highest BCUT2D eigenvalue weighted by molar-refractivity contribution is 6.33. The van der Waals surface area contributed by atoms with Crippen molar-refractivity contribution in [2.75, 3.05) is 19.0 Å². The summed E-state index contributed by atoms with van der Waals surface area (Å²) < 4.78 is 6.34. The molecule has 2 aromatic rings. The summed E-state index contributed by atoms with van der Waals surface area (Å²) in [5, 5.41) is 7.80. The van der Waals surface area contributed by atoms with Crippen LogP contribution in [0.1, 0.15) is 5.56 Å². The molecule has 2 rings (SSSR count). The highest BCUT2D eigenvalue weighted by Crippen LogP contribution is 2.21. The molecule has 106 valence electrons. The zero-order valence-electron chi connectivity index (χ0n) is 10.8. The van der Waals surface area contributed by atoms with Crippen LogP contribution in [0.4, 0.5) is 5.82 Å². The molecule has 5 nitrogen and oxygen atoms in total. The fraction of sp³-hybridized carbons (Fsp3) is 0.231. The van der Waals surface area contributed by atoms with Crippen LogP contribution in [0.15, 0.2) is 30.5 Å². The minimum absolute atomic E-state index is 0.0479. The Morgan fingerprint density at radius 2 is 2.10 bits per heavy atom. The van der Waals surface area contributed by atoms with E-state index in [9.17, 15) is 4.79 Å². The van der Waals surface area contributed by atoms with Gasteiger partial charge in [-0.3, -0.25) is 9.48 Å². The number of nitrogens with zero attached hydrogens (tertiary/aromatic N) is 2. The van der Waals surface area contributed by atoms with E-state index in [1.807, 2.05) is 24.3 Å². The van der Waals surface area contributed by atoms with Crippen LogP contribution in [0.25, 0.3) is 0 Å². The van der Waals surface area contributed by atoms with E-state index in [-0.39, 0.29) is 12.5 Å². The molecule has 0 spiro atoms. The van der Waals surface area contributed by atoms with Gasteiger partial charge in [-0.25, -0.2) is 0 Å². The summed E-state index contributed by atoms with van der Waals surface area (Å²) in [4.78, 5) is 11.4. The standard InChI is InChI=1S/C13H13Cl2N3O2/c1-20-8-12(19)16-13-11(15)7-18(17-13)6-9-4-2-3-5-10(9)14/h2-5,7H,6,8H2,1H3,(H,16,17,19). The van der Waals surface area contributed by atoms with Gasteiger partial charge >= 0.3 is 0 Å². The average Bonchev–Trinajstić information content (AvgIpc) is 2.73. The largest absolute Gasteiger partial charge is 0.375 e. The summed E-state index contributed by atoms with van der Waals surface area (Å²) in [5.74, 6) is -0.00170. The number of carbonyl (C=O) groups excluding carboxylic acids is 1. The van der Waals surface area contributed by atoms with Crippen molar-refractivity contribution < 1.29 is 9.53 Å². The Kier molecular flexibility index (Phi) is 5.00. The Bertz CT molecular complexity index is 613. The second-order valence-corrected chi connectivity index (χ2v) is 4.91. The first kappa shape index (κ1) is 14.8. The average molecular weight is 314 g/mol. The second kappa shape index (κ2) is 6.74. The lowest BCUT2D eigenvalue weighted by molar-refractivity contribution is -0.119. The third-order valence-electron chi connectivity index (χ3n) is 2.54. The first-order chi connectivity index (χ1) is 9.60. The van der Waals surface area contributed by atoms with E-state index in [1.165, 1.54) is 7.11 Å². The van der Waals surface area contributed by atoms with E-state index in [0.29, 0.717) is 22.4 Å². The lowest BCUT2D eigenvalue weighted by Gasteiger charge is -2.04. The van der Waals surface area contributed by atoms with Crippen LogP contribution in [-0.2, 0) is 16.1 Å². The fourth-order valence-corrected chi connectivity index (χ4v) is 2.06. The minimum atomic E-state index is -0.308. The number of rotatable bonds is 5. The number of methoxy groups -OCH3 is 1. The lowest BCUT2D eigenvalue weighted by Crippen LogP contribution is -2.17. The van der Waals surface area contributed by atoms with Gasteiger partial charge < -0.3 is 10.1 Å². The van der Waals surface area contributed by atoms with Gasteiger partial charge in [-0.15, -0.1) is 0 Å². The molecule has 7 heteroatoms. The molecule has 1 aromatic carbocycles. The number of halogens is 2. The number of aromatic nitrogens is 2. The van der Waals surface area contributed by atoms with Crippen molar-refractivity contribution >= 4 is 34.9 Å². The van der Waals surface area contributed by atoms with Gasteiger partial charge in [0, 0.05) is 18.3 Å². The molecular formula is C13H13Cl2N3O2. The summed E-state index contributed by atoms with van der Waals surface area (Å²) in [6.07, 6.45) is 1.63. The molecule has 0 radical (unpaired) electrons. The molecule has 0 bridgehead atoms. The molecule has 0 unspecified atom stereocenters. The normalized spacial score (nSPS) is 10.6. The molecule has 20 heavy (non-hydrogen) atoms. The summed E-state index contributed by atoms with van der Waals surface area (Å²) in [7, 11) is 1.44. The van der Waals surface area contributed by atoms with E-state index in [1.54, 1.807) is 10.9 Å². The zero-order valence-corrected chi connectivity index (χ0v) is 12.3. The van der Waals surface area contributed by atoms with Gasteiger partial charge in [-0.2, -0.15) is 5.10 Å². The minimum Gasteiger partial charge on any atom is -0.375 e. The molecule has 0 aliphatic carbocycles. The maximum atomic E-state index is 11.4. The van der Waals surface area contributed by atoms with Crippen LogP contribution in [-0.4, -0.2) is 29.4 Å². The number of hydrogen-bond acceptors (Lipinski definition) is 3. The number of carbonyl (C=O) groups is 1. The summed E-state index contributed by atoms with van der Waals surface area (Å²) in [6, 6.07) is 7.47. The quantitative estimate of drug-likeness (QED) is 0.923. The third-order valence-corrected chi connectivity index (χ3v) is 3.19. The first-order valence-electron chi connectivity index (χ1n) is 5.85. The molecule has 1 heterocycles. The number of ether oxygens (including phenoxy) is 1. The van der Waals surface area contributed by atoms with Gasteiger partial charge in [0.1, 0.15) is 11.6 Å². The SMILES string of the molecule is COCC(=O)Nc1nn(Cc2ccccc2Cl)cc1Cl. The van der Waals surface area contributed by atoms with Crippen LogP contribution in [0.3, 0.4) is 0 Å². The molecule has 1 N–H and O–H groups in total. The number of hydrogen-bond donors (Lipinski definition) is 1. The highest BCUT2D eigenvalue weighted by atomic mass is 35.5. The van der Waals surface area contributed by atoms with Gasteiger partial charge in [0.05, 0.1) is 6.54 Å². The number of benzene rings is 1. The molecule has 1 amide bonds. The summed E-state index contributed by atoms with van der Waals surface area (Å²) in [5.41, 5.74) is 0.920. The fourth-order valence-electron chi connectivity index (χ4n) is 1.66. The Morgan fingerprint density at radius 3 is 2.80 bits per heavy atom. The van der Waals surface area contributed by atoms with Crippen molar-refractivity contribution in [3.8, 4) is 0 Å². The summed E-state index contributed by atoms with van der Waals surface area (Å²) >= 11 is 12.1. The summed E-state index contributed by atoms with van der Waals surface area (Å²) in [6.45, 7) is 0.424. The van der Waals surface area contributed by atoms with Gasteiger partial charge in [0.15, 0.2) is 5.82 Å². The number of amides is 1. The van der Waals surface area contributed by atoms with Gasteiger partial charge in [-0.1, -0.05) is 41.4 Å². The van der Waals surface area contributed by atoms with E-state index >= 15 is 0 Å². The zero-order chi connectivity index (χ0) is 14.5. The van der Waals surface area contributed by atoms with Gasteiger partial charge in [-0.05, 0) is 11.6 Å². The predicted molar refractivity (Wildman–Crippen MR) is 78.3 cm³/mol. The van der Waals surface area contributed by atoms with Crippen LogP contribution in [0.5, 0.6) is 0 Å². The Balaban J connectivity index is 2.11. The highest BCUT2D eigenvalue weighted by Gasteiger charge is 2.11. The number of anilines is 1. The van der Waals surface area contributed by atoms with E-state index in [0.717, 1.165) is 5.56 Å². The molecule has 0 aliphatic rings. The van der Waals surface area contributed by atoms with Crippen molar-refractivity contribution in [2.45, 2.75) is 6.54 Å². The molecular weight excluding hydrogens is 301 g/mol. The van der Waals surface area contributed by atoms with E-state index in [2.05, 4.69) is 10.4 Å². The van der Waals surface area contributed by atoms with Crippen LogP contribution in [0.2, 0.25) is 10.0 Å². The van der Waals surface area contributed by atoms with Crippen LogP contribution < -0.4 is 5.32 Å². The molecule has 0 atom stereocenters. The smallest absolute Gasteiger partial charge is 0.251 e. The maximum Gasteiger partial charge on any atom is 0.251 e. The molecule has 0 saturated carbocycles. The second-order valence-electron chi connectivity index (χ2n) is 4.10. The van der Waals surface area contributed by atoms with Crippen molar-refractivity contribution in [3.05, 3.63) is 46.1 Å². The number of nitrogens with one attached hydrogen (secondary N) is 1. The maximum absolute atomic E-state index is 11.4. The van der Waals surface area contributed by atoms with Crippen LogP contribution in [0, 0.1) is 0 Å². The van der Waals surface area contributed by atoms with Gasteiger partial charge in [0.25, 0.3) is 5.91 Å². The third kappa shape index (κ3) is 3.72. The van der Waals surface area contributed by atoms with Crippen molar-refractivity contribution in [1.82, 2.24) is 9.78 Å². The van der Waals surface area contributed by atoms with Crippen LogP contribution >= 0.6 is 23.2 Å². The molecule has 0 aliphatic heterocycles. The first-order valence-corrected chi connectivity index (χ1v) is 6.61. The van der Waals surface area contributed by atoms with Crippen molar-refractivity contribution in [3.63, 3.8) is 0 Å². The van der Waals surface area contributed by atoms with Gasteiger partial charge in [0.2, 0.25) is 0 Å². The molecule has 0 fully saturated rings. The Labute approximate surface area is 126 Å². The molecule has 1 aromatic heterocycles. The Morgan fingerprint density at radius 1 is 1.35 bits per heavy atom. The monoisotopic (exact) mass is 313 g/mol. The van der Waals surface area contributed by atoms with E-state index < -0.39 is 0 Å². The van der Waals surface area contributed by atoms with Crippen molar-refractivity contribution in [1.29, 1.82) is 0 Å². The predicted octanol–water partition coefficient (Wildman–Crippen LogP) is 2.82.